The lowest BCUT2D eigenvalue weighted by atomic mass is 10.1. The van der Waals surface area contributed by atoms with E-state index in [9.17, 15) is 4.79 Å². The highest BCUT2D eigenvalue weighted by molar-refractivity contribution is 5.95. The van der Waals surface area contributed by atoms with Crippen LogP contribution in [-0.2, 0) is 4.79 Å². The fraction of sp³-hybridized carbons (Fsp3) is 0.188. The number of fused-ring (bicyclic) bond motifs is 1. The smallest absolute Gasteiger partial charge is 0.226 e. The number of aromatic nitrogens is 3. The van der Waals surface area contributed by atoms with Crippen LogP contribution in [0.15, 0.2) is 48.8 Å². The summed E-state index contributed by atoms with van der Waals surface area (Å²) in [6, 6.07) is 11.5. The van der Waals surface area contributed by atoms with Crippen molar-refractivity contribution in [1.29, 1.82) is 0 Å². The first kappa shape index (κ1) is 13.3. The fourth-order valence-corrected chi connectivity index (χ4v) is 2.12. The zero-order valence-corrected chi connectivity index (χ0v) is 11.9. The second-order valence-corrected chi connectivity index (χ2v) is 5.12. The molecule has 1 amide bonds. The third kappa shape index (κ3) is 2.50. The number of carbonyl (C=O) groups excluding carboxylic acids is 1. The minimum atomic E-state index is -0.0847. The predicted octanol–water partition coefficient (Wildman–Crippen LogP) is 2.99. The Morgan fingerprint density at radius 2 is 2.00 bits per heavy atom. The van der Waals surface area contributed by atoms with Crippen LogP contribution in [0, 0.1) is 5.92 Å². The summed E-state index contributed by atoms with van der Waals surface area (Å²) in [6.45, 7) is 3.72. The maximum absolute atomic E-state index is 11.9. The number of hydrogen-bond acceptors (Lipinski definition) is 3. The number of amides is 1. The van der Waals surface area contributed by atoms with Crippen LogP contribution in [0.2, 0.25) is 0 Å². The van der Waals surface area contributed by atoms with Gasteiger partial charge < -0.3 is 5.32 Å². The van der Waals surface area contributed by atoms with Gasteiger partial charge in [0.1, 0.15) is 5.69 Å². The summed E-state index contributed by atoms with van der Waals surface area (Å²) in [5, 5.41) is 7.24. The van der Waals surface area contributed by atoms with E-state index in [0.29, 0.717) is 11.4 Å². The number of rotatable bonds is 3. The summed E-state index contributed by atoms with van der Waals surface area (Å²) >= 11 is 0. The molecule has 5 nitrogen and oxygen atoms in total. The van der Waals surface area contributed by atoms with Crippen LogP contribution in [0.4, 0.5) is 5.69 Å². The molecule has 3 aromatic heterocycles. The van der Waals surface area contributed by atoms with Crippen LogP contribution >= 0.6 is 0 Å². The van der Waals surface area contributed by atoms with E-state index in [1.165, 1.54) is 0 Å². The molecule has 0 radical (unpaired) electrons. The predicted molar refractivity (Wildman–Crippen MR) is 81.9 cm³/mol. The molecule has 0 unspecified atom stereocenters. The van der Waals surface area contributed by atoms with Crippen LogP contribution in [0.3, 0.4) is 0 Å². The van der Waals surface area contributed by atoms with Crippen molar-refractivity contribution in [2.45, 2.75) is 13.8 Å². The summed E-state index contributed by atoms with van der Waals surface area (Å²) < 4.78 is 1.81. The molecule has 0 aliphatic rings. The van der Waals surface area contributed by atoms with E-state index < -0.39 is 0 Å². The van der Waals surface area contributed by atoms with Gasteiger partial charge in [-0.05, 0) is 30.3 Å². The second-order valence-electron chi connectivity index (χ2n) is 5.12. The first-order valence-electron chi connectivity index (χ1n) is 6.86. The van der Waals surface area contributed by atoms with Gasteiger partial charge in [-0.3, -0.25) is 9.78 Å². The number of anilines is 1. The van der Waals surface area contributed by atoms with Crippen LogP contribution < -0.4 is 5.32 Å². The quantitative estimate of drug-likeness (QED) is 0.802. The minimum Gasteiger partial charge on any atom is -0.324 e. The van der Waals surface area contributed by atoms with Crippen LogP contribution in [-0.4, -0.2) is 20.5 Å². The zero-order chi connectivity index (χ0) is 14.8. The van der Waals surface area contributed by atoms with Crippen molar-refractivity contribution >= 4 is 17.1 Å². The molecule has 3 aromatic rings. The molecule has 0 saturated heterocycles. The number of hydrogen-bond donors (Lipinski definition) is 1. The Morgan fingerprint density at radius 1 is 1.14 bits per heavy atom. The van der Waals surface area contributed by atoms with E-state index in [2.05, 4.69) is 15.4 Å². The van der Waals surface area contributed by atoms with E-state index >= 15 is 0 Å². The van der Waals surface area contributed by atoms with Gasteiger partial charge in [0.25, 0.3) is 0 Å². The van der Waals surface area contributed by atoms with Gasteiger partial charge in [-0.2, -0.15) is 5.10 Å². The molecule has 21 heavy (non-hydrogen) atoms. The third-order valence-corrected chi connectivity index (χ3v) is 3.25. The maximum Gasteiger partial charge on any atom is 0.226 e. The van der Waals surface area contributed by atoms with Crippen molar-refractivity contribution in [3.63, 3.8) is 0 Å². The average molecular weight is 280 g/mol. The van der Waals surface area contributed by atoms with Crippen LogP contribution in [0.5, 0.6) is 0 Å². The monoisotopic (exact) mass is 280 g/mol. The summed E-state index contributed by atoms with van der Waals surface area (Å²) in [6.07, 6.45) is 3.46. The van der Waals surface area contributed by atoms with E-state index in [1.54, 1.807) is 12.4 Å². The molecule has 0 aliphatic carbocycles. The fourth-order valence-electron chi connectivity index (χ4n) is 2.12. The Morgan fingerprint density at radius 3 is 2.81 bits per heavy atom. The maximum atomic E-state index is 11.9. The van der Waals surface area contributed by atoms with Crippen molar-refractivity contribution in [2.75, 3.05) is 5.32 Å². The van der Waals surface area contributed by atoms with E-state index in [4.69, 9.17) is 0 Å². The molecule has 3 heterocycles. The third-order valence-electron chi connectivity index (χ3n) is 3.25. The van der Waals surface area contributed by atoms with Gasteiger partial charge in [-0.15, -0.1) is 0 Å². The number of nitrogens with zero attached hydrogens (tertiary/aromatic N) is 3. The first-order valence-corrected chi connectivity index (χ1v) is 6.86. The molecule has 0 aromatic carbocycles. The van der Waals surface area contributed by atoms with Crippen molar-refractivity contribution in [3.8, 4) is 11.4 Å². The summed E-state index contributed by atoms with van der Waals surface area (Å²) in [7, 11) is 0. The van der Waals surface area contributed by atoms with Crippen LogP contribution in [0.25, 0.3) is 16.9 Å². The molecule has 0 fully saturated rings. The van der Waals surface area contributed by atoms with E-state index in [0.717, 1.165) is 11.2 Å². The summed E-state index contributed by atoms with van der Waals surface area (Å²) in [4.78, 5) is 16.4. The van der Waals surface area contributed by atoms with Gasteiger partial charge in [-0.25, -0.2) is 4.52 Å². The molecular formula is C16H16N4O. The number of nitrogens with one attached hydrogen (secondary N) is 1. The van der Waals surface area contributed by atoms with Gasteiger partial charge in [0, 0.05) is 12.1 Å². The zero-order valence-electron chi connectivity index (χ0n) is 11.9. The largest absolute Gasteiger partial charge is 0.324 e. The lowest BCUT2D eigenvalue weighted by Gasteiger charge is -2.12. The molecule has 0 saturated carbocycles. The van der Waals surface area contributed by atoms with Gasteiger partial charge in [0.05, 0.1) is 23.1 Å². The molecule has 106 valence electrons. The molecule has 0 bridgehead atoms. The normalized spacial score (nSPS) is 11.0. The molecule has 5 heteroatoms. The number of carbonyl (C=O) groups is 1. The Kier molecular flexibility index (Phi) is 3.39. The lowest BCUT2D eigenvalue weighted by Crippen LogP contribution is -2.18. The average Bonchev–Trinajstić information content (AvgIpc) is 2.96. The lowest BCUT2D eigenvalue weighted by molar-refractivity contribution is -0.118. The Bertz CT molecular complexity index is 792. The topological polar surface area (TPSA) is 59.3 Å². The SMILES string of the molecule is CC(C)C(=O)Nc1cccnc1-c1cccc2ccnn12. The highest BCUT2D eigenvalue weighted by Crippen LogP contribution is 2.26. The van der Waals surface area contributed by atoms with Gasteiger partial charge in [-0.1, -0.05) is 19.9 Å². The van der Waals surface area contributed by atoms with Crippen molar-refractivity contribution in [2.24, 2.45) is 5.92 Å². The standard InChI is InChI=1S/C16H16N4O/c1-11(2)16(21)19-13-6-4-9-17-15(13)14-7-3-5-12-8-10-18-20(12)14/h3-11H,1-2H3,(H,19,21). The van der Waals surface area contributed by atoms with Crippen molar-refractivity contribution in [3.05, 3.63) is 48.8 Å². The van der Waals surface area contributed by atoms with Crippen LogP contribution in [0.1, 0.15) is 13.8 Å². The van der Waals surface area contributed by atoms with Gasteiger partial charge in [0.15, 0.2) is 0 Å². The molecular weight excluding hydrogens is 264 g/mol. The minimum absolute atomic E-state index is 0.0307. The molecule has 3 rings (SSSR count). The second kappa shape index (κ2) is 5.36. The highest BCUT2D eigenvalue weighted by Gasteiger charge is 2.14. The Balaban J connectivity index is 2.10. The van der Waals surface area contributed by atoms with E-state index in [1.807, 2.05) is 54.8 Å². The van der Waals surface area contributed by atoms with Gasteiger partial charge >= 0.3 is 0 Å². The first-order chi connectivity index (χ1) is 10.2. The summed E-state index contributed by atoms with van der Waals surface area (Å²) in [5.41, 5.74) is 3.23. The number of pyridine rings is 2. The van der Waals surface area contributed by atoms with E-state index in [-0.39, 0.29) is 11.8 Å². The van der Waals surface area contributed by atoms with Gasteiger partial charge in [0.2, 0.25) is 5.91 Å². The molecule has 0 aliphatic heterocycles. The molecule has 0 atom stereocenters. The highest BCUT2D eigenvalue weighted by atomic mass is 16.1. The van der Waals surface area contributed by atoms with Crippen molar-refractivity contribution < 1.29 is 4.79 Å². The Hall–Kier alpha value is -2.69. The summed E-state index contributed by atoms with van der Waals surface area (Å²) in [5.74, 6) is -0.115. The molecule has 0 spiro atoms. The van der Waals surface area contributed by atoms with Crippen molar-refractivity contribution in [1.82, 2.24) is 14.6 Å². The Labute approximate surface area is 122 Å². The molecule has 1 N–H and O–H groups in total.